The summed E-state index contributed by atoms with van der Waals surface area (Å²) in [4.78, 5) is 10.4. The van der Waals surface area contributed by atoms with E-state index in [0.717, 1.165) is 11.3 Å². The number of aromatic hydroxyl groups is 1. The number of halogens is 1. The Morgan fingerprint density at radius 3 is 3.00 bits per heavy atom. The average Bonchev–Trinajstić information content (AvgIpc) is 2.30. The Labute approximate surface area is 79.4 Å². The second kappa shape index (κ2) is 2.60. The SMILES string of the molecule is O=c1oc2cc(Br)c(O)cc2s1. The van der Waals surface area contributed by atoms with Crippen molar-refractivity contribution in [3.8, 4) is 5.75 Å². The predicted octanol–water partition coefficient (Wildman–Crippen LogP) is 2.32. The normalized spacial score (nSPS) is 10.8. The summed E-state index contributed by atoms with van der Waals surface area (Å²) in [5, 5.41) is 9.24. The van der Waals surface area contributed by atoms with Gasteiger partial charge in [-0.25, -0.2) is 4.79 Å². The molecule has 1 aromatic carbocycles. The summed E-state index contributed by atoms with van der Waals surface area (Å²) in [6.45, 7) is 0. The zero-order chi connectivity index (χ0) is 8.72. The zero-order valence-electron chi connectivity index (χ0n) is 5.70. The van der Waals surface area contributed by atoms with Gasteiger partial charge in [0, 0.05) is 12.1 Å². The molecule has 1 heterocycles. The molecule has 0 atom stereocenters. The van der Waals surface area contributed by atoms with Crippen molar-refractivity contribution in [1.82, 2.24) is 0 Å². The molecule has 3 nitrogen and oxygen atoms in total. The van der Waals surface area contributed by atoms with E-state index in [1.54, 1.807) is 6.07 Å². The van der Waals surface area contributed by atoms with Crippen molar-refractivity contribution in [3.05, 3.63) is 26.3 Å². The maximum absolute atomic E-state index is 10.8. The number of hydrogen-bond acceptors (Lipinski definition) is 4. The Morgan fingerprint density at radius 1 is 1.50 bits per heavy atom. The Morgan fingerprint density at radius 2 is 2.25 bits per heavy atom. The first-order valence-corrected chi connectivity index (χ1v) is 4.70. The van der Waals surface area contributed by atoms with Crippen molar-refractivity contribution in [2.75, 3.05) is 0 Å². The van der Waals surface area contributed by atoms with E-state index in [1.807, 2.05) is 0 Å². The lowest BCUT2D eigenvalue weighted by atomic mass is 10.3. The molecule has 0 fully saturated rings. The highest BCUT2D eigenvalue weighted by Crippen LogP contribution is 2.30. The van der Waals surface area contributed by atoms with Crippen LogP contribution in [0.1, 0.15) is 0 Å². The quantitative estimate of drug-likeness (QED) is 0.777. The minimum Gasteiger partial charge on any atom is -0.507 e. The van der Waals surface area contributed by atoms with Gasteiger partial charge in [0.15, 0.2) is 5.58 Å². The third-order valence-electron chi connectivity index (χ3n) is 1.40. The number of phenolic OH excluding ortho intramolecular Hbond substituents is 1. The van der Waals surface area contributed by atoms with Crippen LogP contribution in [0, 0.1) is 0 Å². The van der Waals surface area contributed by atoms with Crippen molar-refractivity contribution in [1.29, 1.82) is 0 Å². The van der Waals surface area contributed by atoms with E-state index in [9.17, 15) is 9.90 Å². The van der Waals surface area contributed by atoms with Crippen molar-refractivity contribution in [2.24, 2.45) is 0 Å². The van der Waals surface area contributed by atoms with E-state index >= 15 is 0 Å². The molecule has 5 heteroatoms. The lowest BCUT2D eigenvalue weighted by Gasteiger charge is -1.93. The maximum Gasteiger partial charge on any atom is 0.396 e. The third-order valence-corrected chi connectivity index (χ3v) is 2.82. The largest absolute Gasteiger partial charge is 0.507 e. The second-order valence-corrected chi connectivity index (χ2v) is 4.04. The number of benzene rings is 1. The van der Waals surface area contributed by atoms with Crippen LogP contribution in [-0.4, -0.2) is 5.11 Å². The second-order valence-electron chi connectivity index (χ2n) is 2.20. The van der Waals surface area contributed by atoms with Gasteiger partial charge in [-0.15, -0.1) is 0 Å². The first-order valence-electron chi connectivity index (χ1n) is 3.09. The Kier molecular flexibility index (Phi) is 1.69. The smallest absolute Gasteiger partial charge is 0.396 e. The van der Waals surface area contributed by atoms with Crippen molar-refractivity contribution in [3.63, 3.8) is 0 Å². The summed E-state index contributed by atoms with van der Waals surface area (Å²) >= 11 is 4.09. The highest BCUT2D eigenvalue weighted by atomic mass is 79.9. The molecule has 0 saturated carbocycles. The van der Waals surface area contributed by atoms with Crippen LogP contribution >= 0.6 is 27.3 Å². The maximum atomic E-state index is 10.8. The van der Waals surface area contributed by atoms with Gasteiger partial charge in [0.2, 0.25) is 0 Å². The Bertz CT molecular complexity index is 443. The summed E-state index contributed by atoms with van der Waals surface area (Å²) in [7, 11) is 0. The summed E-state index contributed by atoms with van der Waals surface area (Å²) < 4.78 is 6.00. The van der Waals surface area contributed by atoms with Gasteiger partial charge in [-0.3, -0.25) is 0 Å². The Balaban J connectivity index is 2.92. The molecule has 12 heavy (non-hydrogen) atoms. The molecule has 62 valence electrons. The Hall–Kier alpha value is -0.810. The molecule has 0 aliphatic heterocycles. The van der Waals surface area contributed by atoms with Crippen LogP contribution in [0.25, 0.3) is 10.3 Å². The third kappa shape index (κ3) is 1.15. The fraction of sp³-hybridized carbons (Fsp3) is 0. The van der Waals surface area contributed by atoms with Crippen LogP contribution in [0.15, 0.2) is 25.8 Å². The minimum atomic E-state index is -0.359. The van der Waals surface area contributed by atoms with Gasteiger partial charge in [0.05, 0.1) is 9.17 Å². The van der Waals surface area contributed by atoms with Crippen molar-refractivity contribution >= 4 is 37.5 Å². The molecule has 0 bridgehead atoms. The van der Waals surface area contributed by atoms with Gasteiger partial charge in [-0.05, 0) is 15.9 Å². The standard InChI is InChI=1S/C7H3BrO3S/c8-3-1-5-6(2-4(3)9)12-7(10)11-5/h1-2,9H. The molecule has 0 aliphatic rings. The van der Waals surface area contributed by atoms with Crippen LogP contribution < -0.4 is 4.94 Å². The first-order chi connectivity index (χ1) is 5.66. The molecular formula is C7H3BrO3S. The van der Waals surface area contributed by atoms with E-state index in [-0.39, 0.29) is 10.7 Å². The number of rotatable bonds is 0. The summed E-state index contributed by atoms with van der Waals surface area (Å²) in [6.07, 6.45) is 0. The van der Waals surface area contributed by atoms with E-state index in [1.165, 1.54) is 6.07 Å². The number of fused-ring (bicyclic) bond motifs is 1. The molecule has 0 amide bonds. The van der Waals surface area contributed by atoms with Crippen LogP contribution in [0.3, 0.4) is 0 Å². The summed E-state index contributed by atoms with van der Waals surface area (Å²) in [5.74, 6) is 0.111. The molecule has 0 aliphatic carbocycles. The lowest BCUT2D eigenvalue weighted by Crippen LogP contribution is -1.79. The zero-order valence-corrected chi connectivity index (χ0v) is 8.11. The summed E-state index contributed by atoms with van der Waals surface area (Å²) in [5.41, 5.74) is 0.495. The van der Waals surface area contributed by atoms with Crippen molar-refractivity contribution < 1.29 is 9.52 Å². The van der Waals surface area contributed by atoms with Gasteiger partial charge in [0.25, 0.3) is 0 Å². The molecule has 0 saturated heterocycles. The topological polar surface area (TPSA) is 50.4 Å². The van der Waals surface area contributed by atoms with Gasteiger partial charge >= 0.3 is 4.94 Å². The molecule has 1 aromatic heterocycles. The fourth-order valence-electron chi connectivity index (χ4n) is 0.884. The van der Waals surface area contributed by atoms with E-state index in [0.29, 0.717) is 14.8 Å². The van der Waals surface area contributed by atoms with Crippen LogP contribution in [0.5, 0.6) is 5.75 Å². The molecule has 0 unspecified atom stereocenters. The van der Waals surface area contributed by atoms with E-state index < -0.39 is 0 Å². The molecule has 0 spiro atoms. The minimum absolute atomic E-state index is 0.111. The van der Waals surface area contributed by atoms with Gasteiger partial charge in [-0.1, -0.05) is 11.3 Å². The highest BCUT2D eigenvalue weighted by Gasteiger charge is 2.05. The molecule has 2 aromatic rings. The summed E-state index contributed by atoms with van der Waals surface area (Å²) in [6, 6.07) is 3.07. The molecule has 2 rings (SSSR count). The van der Waals surface area contributed by atoms with Gasteiger partial charge in [-0.2, -0.15) is 0 Å². The molecule has 0 radical (unpaired) electrons. The highest BCUT2D eigenvalue weighted by molar-refractivity contribution is 9.10. The average molecular weight is 247 g/mol. The van der Waals surface area contributed by atoms with Gasteiger partial charge < -0.3 is 9.52 Å². The lowest BCUT2D eigenvalue weighted by molar-refractivity contribution is 0.472. The molecular weight excluding hydrogens is 244 g/mol. The number of phenols is 1. The fourth-order valence-corrected chi connectivity index (χ4v) is 1.89. The van der Waals surface area contributed by atoms with Crippen molar-refractivity contribution in [2.45, 2.75) is 0 Å². The van der Waals surface area contributed by atoms with Crippen LogP contribution in [0.4, 0.5) is 0 Å². The van der Waals surface area contributed by atoms with E-state index in [2.05, 4.69) is 15.9 Å². The van der Waals surface area contributed by atoms with Crippen LogP contribution in [-0.2, 0) is 0 Å². The monoisotopic (exact) mass is 246 g/mol. The first kappa shape index (κ1) is 7.82. The van der Waals surface area contributed by atoms with E-state index in [4.69, 9.17) is 4.42 Å². The predicted molar refractivity (Wildman–Crippen MR) is 49.7 cm³/mol. The number of hydrogen-bond donors (Lipinski definition) is 1. The van der Waals surface area contributed by atoms with Crippen LogP contribution in [0.2, 0.25) is 0 Å². The molecule has 1 N–H and O–H groups in total. The van der Waals surface area contributed by atoms with Gasteiger partial charge in [0.1, 0.15) is 5.75 Å².